The Kier molecular flexibility index (Phi) is 4.34. The summed E-state index contributed by atoms with van der Waals surface area (Å²) in [6, 6.07) is 5.92. The first kappa shape index (κ1) is 16.2. The molecule has 0 spiro atoms. The fraction of sp³-hybridized carbons (Fsp3) is 0.267. The van der Waals surface area contributed by atoms with Crippen molar-refractivity contribution in [2.24, 2.45) is 0 Å². The third-order valence-electron chi connectivity index (χ3n) is 3.60. The minimum absolute atomic E-state index is 0.0142. The Morgan fingerprint density at radius 3 is 2.67 bits per heavy atom. The van der Waals surface area contributed by atoms with Crippen LogP contribution in [0.15, 0.2) is 24.3 Å². The van der Waals surface area contributed by atoms with Gasteiger partial charge >= 0.3 is 0 Å². The summed E-state index contributed by atoms with van der Waals surface area (Å²) in [5.74, 6) is 0.201. The Hall–Kier alpha value is -2.68. The number of rotatable bonds is 3. The van der Waals surface area contributed by atoms with Gasteiger partial charge in [-0.15, -0.1) is 0 Å². The second kappa shape index (κ2) is 6.44. The zero-order valence-electron chi connectivity index (χ0n) is 12.9. The molecule has 7 nitrogen and oxygen atoms in total. The molecule has 0 atom stereocenters. The first-order valence-electron chi connectivity index (χ1n) is 7.20. The molecule has 0 bridgehead atoms. The van der Waals surface area contributed by atoms with Crippen molar-refractivity contribution >= 4 is 29.1 Å². The maximum Gasteiger partial charge on any atom is 0.243 e. The van der Waals surface area contributed by atoms with Gasteiger partial charge in [-0.25, -0.2) is 9.37 Å². The van der Waals surface area contributed by atoms with Gasteiger partial charge in [0.25, 0.3) is 0 Å². The number of amidine groups is 2. The molecule has 1 fully saturated rings. The summed E-state index contributed by atoms with van der Waals surface area (Å²) in [7, 11) is 0. The largest absolute Gasteiger partial charge is 0.329 e. The number of hydrogen-bond donors (Lipinski definition) is 2. The van der Waals surface area contributed by atoms with E-state index in [1.54, 1.807) is 19.1 Å². The van der Waals surface area contributed by atoms with Crippen LogP contribution in [0.1, 0.15) is 16.4 Å². The summed E-state index contributed by atoms with van der Waals surface area (Å²) in [6.45, 7) is 2.04. The fourth-order valence-corrected chi connectivity index (χ4v) is 2.99. The highest BCUT2D eigenvalue weighted by Crippen LogP contribution is 2.15. The highest BCUT2D eigenvalue weighted by molar-refractivity contribution is 7.07. The van der Waals surface area contributed by atoms with Crippen molar-refractivity contribution in [2.45, 2.75) is 13.5 Å². The van der Waals surface area contributed by atoms with Gasteiger partial charge in [0.1, 0.15) is 24.0 Å². The molecule has 24 heavy (non-hydrogen) atoms. The first-order valence-corrected chi connectivity index (χ1v) is 7.98. The molecule has 1 aliphatic rings. The number of carbonyl (C=O) groups is 1. The van der Waals surface area contributed by atoms with E-state index in [9.17, 15) is 9.18 Å². The van der Waals surface area contributed by atoms with Crippen LogP contribution in [0.5, 0.6) is 0 Å². The SMILES string of the molecule is Cc1nsc(C(=N)N2CC(=O)N(Cc3ccc(F)cc3)CC2=N)n1. The number of benzene rings is 1. The van der Waals surface area contributed by atoms with Gasteiger partial charge in [0.15, 0.2) is 10.8 Å². The molecule has 1 amide bonds. The van der Waals surface area contributed by atoms with E-state index in [-0.39, 0.29) is 36.5 Å². The minimum atomic E-state index is -0.330. The van der Waals surface area contributed by atoms with Crippen LogP contribution in [0.4, 0.5) is 4.39 Å². The molecule has 2 heterocycles. The third kappa shape index (κ3) is 3.30. The smallest absolute Gasteiger partial charge is 0.243 e. The molecule has 0 unspecified atom stereocenters. The van der Waals surface area contributed by atoms with Gasteiger partial charge in [0.2, 0.25) is 5.91 Å². The lowest BCUT2D eigenvalue weighted by Crippen LogP contribution is -2.55. The molecular formula is C15H15FN6OS. The molecule has 9 heteroatoms. The third-order valence-corrected chi connectivity index (χ3v) is 4.41. The Bertz CT molecular complexity index is 803. The maximum absolute atomic E-state index is 13.0. The highest BCUT2D eigenvalue weighted by atomic mass is 32.1. The number of aromatic nitrogens is 2. The predicted octanol–water partition coefficient (Wildman–Crippen LogP) is 1.63. The van der Waals surface area contributed by atoms with Gasteiger partial charge < -0.3 is 9.80 Å². The van der Waals surface area contributed by atoms with E-state index in [0.717, 1.165) is 17.1 Å². The quantitative estimate of drug-likeness (QED) is 0.652. The van der Waals surface area contributed by atoms with Gasteiger partial charge in [0.05, 0.1) is 6.54 Å². The molecule has 1 aromatic heterocycles. The molecule has 1 aliphatic heterocycles. The van der Waals surface area contributed by atoms with Crippen LogP contribution in [-0.4, -0.2) is 49.8 Å². The van der Waals surface area contributed by atoms with Crippen LogP contribution >= 0.6 is 11.5 Å². The van der Waals surface area contributed by atoms with E-state index in [4.69, 9.17) is 10.8 Å². The second-order valence-corrected chi connectivity index (χ2v) is 6.16. The second-order valence-electron chi connectivity index (χ2n) is 5.40. The summed E-state index contributed by atoms with van der Waals surface area (Å²) in [6.07, 6.45) is 0. The lowest BCUT2D eigenvalue weighted by atomic mass is 10.2. The lowest BCUT2D eigenvalue weighted by Gasteiger charge is -2.35. The summed E-state index contributed by atoms with van der Waals surface area (Å²) in [5.41, 5.74) is 0.792. The van der Waals surface area contributed by atoms with E-state index in [1.165, 1.54) is 21.9 Å². The molecular weight excluding hydrogens is 331 g/mol. The number of nitrogens with zero attached hydrogens (tertiary/aromatic N) is 4. The van der Waals surface area contributed by atoms with Crippen molar-refractivity contribution < 1.29 is 9.18 Å². The summed E-state index contributed by atoms with van der Waals surface area (Å²) in [5, 5.41) is 16.7. The van der Waals surface area contributed by atoms with E-state index in [1.807, 2.05) is 0 Å². The molecule has 0 saturated carbocycles. The topological polar surface area (TPSA) is 97.0 Å². The number of amides is 1. The fourth-order valence-electron chi connectivity index (χ4n) is 2.36. The Labute approximate surface area is 141 Å². The van der Waals surface area contributed by atoms with Gasteiger partial charge in [-0.05, 0) is 36.2 Å². The molecule has 0 aliphatic carbocycles. The summed E-state index contributed by atoms with van der Waals surface area (Å²) < 4.78 is 17.0. The summed E-state index contributed by atoms with van der Waals surface area (Å²) in [4.78, 5) is 19.3. The van der Waals surface area contributed by atoms with E-state index < -0.39 is 0 Å². The maximum atomic E-state index is 13.0. The van der Waals surface area contributed by atoms with Gasteiger partial charge in [-0.1, -0.05) is 12.1 Å². The van der Waals surface area contributed by atoms with E-state index in [0.29, 0.717) is 17.4 Å². The number of carbonyl (C=O) groups excluding carboxylic acids is 1. The highest BCUT2D eigenvalue weighted by Gasteiger charge is 2.31. The number of halogens is 1. The van der Waals surface area contributed by atoms with Crippen molar-refractivity contribution in [3.63, 3.8) is 0 Å². The zero-order chi connectivity index (χ0) is 17.3. The van der Waals surface area contributed by atoms with Crippen molar-refractivity contribution in [3.8, 4) is 0 Å². The van der Waals surface area contributed by atoms with Crippen molar-refractivity contribution in [1.82, 2.24) is 19.2 Å². The molecule has 0 radical (unpaired) electrons. The van der Waals surface area contributed by atoms with Crippen molar-refractivity contribution in [1.29, 1.82) is 10.8 Å². The van der Waals surface area contributed by atoms with Crippen LogP contribution in [0.3, 0.4) is 0 Å². The van der Waals surface area contributed by atoms with E-state index >= 15 is 0 Å². The number of hydrogen-bond acceptors (Lipinski definition) is 6. The molecule has 3 rings (SSSR count). The average molecular weight is 346 g/mol. The Morgan fingerprint density at radius 1 is 1.33 bits per heavy atom. The monoisotopic (exact) mass is 346 g/mol. The number of nitrogens with one attached hydrogen (secondary N) is 2. The average Bonchev–Trinajstić information content (AvgIpc) is 2.98. The molecule has 2 aromatic rings. The molecule has 2 N–H and O–H groups in total. The van der Waals surface area contributed by atoms with Gasteiger partial charge in [-0.2, -0.15) is 4.37 Å². The van der Waals surface area contributed by atoms with E-state index in [2.05, 4.69) is 9.36 Å². The number of aryl methyl sites for hydroxylation is 1. The molecule has 1 saturated heterocycles. The van der Waals surface area contributed by atoms with Crippen LogP contribution < -0.4 is 0 Å². The Morgan fingerprint density at radius 2 is 2.04 bits per heavy atom. The van der Waals surface area contributed by atoms with Crippen molar-refractivity contribution in [3.05, 3.63) is 46.5 Å². The predicted molar refractivity (Wildman–Crippen MR) is 87.7 cm³/mol. The number of piperazine rings is 1. The van der Waals surface area contributed by atoms with Crippen molar-refractivity contribution in [2.75, 3.05) is 13.1 Å². The van der Waals surface area contributed by atoms with Gasteiger partial charge in [-0.3, -0.25) is 15.6 Å². The van der Waals surface area contributed by atoms with Crippen LogP contribution in [0, 0.1) is 23.6 Å². The normalized spacial score (nSPS) is 15.1. The van der Waals surface area contributed by atoms with Gasteiger partial charge in [0, 0.05) is 6.54 Å². The molecule has 124 valence electrons. The standard InChI is InChI=1S/C15H15FN6OS/c1-9-19-15(24-20-9)14(18)22-8-13(23)21(7-12(22)17)6-10-2-4-11(16)5-3-10/h2-5,17-18H,6-8H2,1H3. The zero-order valence-corrected chi connectivity index (χ0v) is 13.7. The molecule has 1 aromatic carbocycles. The van der Waals surface area contributed by atoms with Crippen LogP contribution in [0.25, 0.3) is 0 Å². The Balaban J connectivity index is 1.70. The van der Waals surface area contributed by atoms with Crippen LogP contribution in [-0.2, 0) is 11.3 Å². The van der Waals surface area contributed by atoms with Crippen LogP contribution in [0.2, 0.25) is 0 Å². The summed E-state index contributed by atoms with van der Waals surface area (Å²) >= 11 is 1.07. The lowest BCUT2D eigenvalue weighted by molar-refractivity contribution is -0.132. The first-order chi connectivity index (χ1) is 11.4. The minimum Gasteiger partial charge on any atom is -0.329 e.